The van der Waals surface area contributed by atoms with E-state index in [4.69, 9.17) is 0 Å². The molecular weight excluding hydrogens is 260 g/mol. The Bertz CT molecular complexity index is 334. The van der Waals surface area contributed by atoms with E-state index in [-0.39, 0.29) is 5.91 Å². The Balaban J connectivity index is 1.48. The smallest absolute Gasteiger partial charge is 0.234 e. The van der Waals surface area contributed by atoms with Gasteiger partial charge in [-0.3, -0.25) is 9.69 Å². The third-order valence-corrected chi connectivity index (χ3v) is 5.93. The van der Waals surface area contributed by atoms with Crippen molar-refractivity contribution in [2.24, 2.45) is 5.92 Å². The lowest BCUT2D eigenvalue weighted by Crippen LogP contribution is -2.51. The summed E-state index contributed by atoms with van der Waals surface area (Å²) in [5.74, 6) is 1.16. The van der Waals surface area contributed by atoms with Gasteiger partial charge in [-0.1, -0.05) is 38.5 Å². The highest BCUT2D eigenvalue weighted by molar-refractivity contribution is 5.78. The molecule has 1 aliphatic heterocycles. The van der Waals surface area contributed by atoms with Crippen LogP contribution in [0.1, 0.15) is 77.0 Å². The second-order valence-corrected chi connectivity index (χ2v) is 7.48. The third kappa shape index (κ3) is 4.21. The average Bonchev–Trinajstić information content (AvgIpc) is 2.76. The number of nitrogens with zero attached hydrogens (tertiary/aromatic N) is 1. The number of hydrogen-bond donors (Lipinski definition) is 1. The summed E-state index contributed by atoms with van der Waals surface area (Å²) in [7, 11) is 0. The van der Waals surface area contributed by atoms with Gasteiger partial charge in [0.05, 0.1) is 6.54 Å². The Hall–Kier alpha value is -0.570. The molecule has 0 spiro atoms. The first-order valence-corrected chi connectivity index (χ1v) is 9.36. The molecule has 0 radical (unpaired) electrons. The maximum atomic E-state index is 12.4. The van der Waals surface area contributed by atoms with E-state index < -0.39 is 0 Å². The predicted octanol–water partition coefficient (Wildman–Crippen LogP) is 3.48. The Labute approximate surface area is 129 Å². The normalized spacial score (nSPS) is 32.2. The highest BCUT2D eigenvalue weighted by Crippen LogP contribution is 2.35. The molecule has 120 valence electrons. The van der Waals surface area contributed by atoms with Crippen LogP contribution in [-0.4, -0.2) is 36.0 Å². The van der Waals surface area contributed by atoms with E-state index in [1.54, 1.807) is 0 Å². The maximum Gasteiger partial charge on any atom is 0.234 e. The van der Waals surface area contributed by atoms with Gasteiger partial charge in [0, 0.05) is 12.1 Å². The fraction of sp³-hybridized carbons (Fsp3) is 0.944. The van der Waals surface area contributed by atoms with Gasteiger partial charge in [0.25, 0.3) is 0 Å². The largest absolute Gasteiger partial charge is 0.352 e. The zero-order chi connectivity index (χ0) is 14.5. The number of piperidine rings is 1. The molecule has 2 atom stereocenters. The summed E-state index contributed by atoms with van der Waals surface area (Å²) in [6, 6.07) is 1.15. The van der Waals surface area contributed by atoms with E-state index in [1.165, 1.54) is 77.0 Å². The van der Waals surface area contributed by atoms with Crippen LogP contribution in [-0.2, 0) is 4.79 Å². The number of carbonyl (C=O) groups excluding carboxylic acids is 1. The molecule has 2 saturated carbocycles. The second-order valence-electron chi connectivity index (χ2n) is 7.48. The summed E-state index contributed by atoms with van der Waals surface area (Å²) < 4.78 is 0. The molecule has 3 aliphatic rings. The molecule has 0 aromatic heterocycles. The molecule has 3 nitrogen and oxygen atoms in total. The molecule has 1 amide bonds. The van der Waals surface area contributed by atoms with Gasteiger partial charge in [-0.15, -0.1) is 0 Å². The number of nitrogens with one attached hydrogen (secondary N) is 1. The zero-order valence-electron chi connectivity index (χ0n) is 13.5. The van der Waals surface area contributed by atoms with Gasteiger partial charge in [-0.05, 0) is 51.0 Å². The van der Waals surface area contributed by atoms with Crippen LogP contribution in [0, 0.1) is 5.92 Å². The van der Waals surface area contributed by atoms with Crippen molar-refractivity contribution in [3.8, 4) is 0 Å². The van der Waals surface area contributed by atoms with Crippen LogP contribution in [0.4, 0.5) is 0 Å². The topological polar surface area (TPSA) is 32.3 Å². The highest BCUT2D eigenvalue weighted by atomic mass is 16.2. The van der Waals surface area contributed by atoms with E-state index in [9.17, 15) is 4.79 Å². The standard InChI is InChI=1S/C18H32N2O/c21-18(19-16-10-3-1-2-4-11-16)14-20-13-7-9-15-8-5-6-12-17(15)20/h15-17H,1-14H2,(H,19,21). The minimum absolute atomic E-state index is 0.285. The molecule has 1 saturated heterocycles. The summed E-state index contributed by atoms with van der Waals surface area (Å²) in [5, 5.41) is 3.32. The molecule has 3 heteroatoms. The molecule has 1 N–H and O–H groups in total. The average molecular weight is 292 g/mol. The van der Waals surface area contributed by atoms with Crippen molar-refractivity contribution >= 4 is 5.91 Å². The summed E-state index contributed by atoms with van der Waals surface area (Å²) >= 11 is 0. The first kappa shape index (κ1) is 15.3. The van der Waals surface area contributed by atoms with Crippen molar-refractivity contribution in [2.45, 2.75) is 89.1 Å². The Morgan fingerprint density at radius 3 is 2.33 bits per heavy atom. The van der Waals surface area contributed by atoms with Crippen LogP contribution in [0.5, 0.6) is 0 Å². The minimum atomic E-state index is 0.285. The van der Waals surface area contributed by atoms with E-state index in [1.807, 2.05) is 0 Å². The summed E-state index contributed by atoms with van der Waals surface area (Å²) in [4.78, 5) is 14.9. The summed E-state index contributed by atoms with van der Waals surface area (Å²) in [6.07, 6.45) is 15.8. The van der Waals surface area contributed by atoms with Gasteiger partial charge in [-0.25, -0.2) is 0 Å². The van der Waals surface area contributed by atoms with Gasteiger partial charge in [0.2, 0.25) is 5.91 Å². The number of carbonyl (C=O) groups is 1. The van der Waals surface area contributed by atoms with Crippen LogP contribution in [0.3, 0.4) is 0 Å². The van der Waals surface area contributed by atoms with Gasteiger partial charge in [-0.2, -0.15) is 0 Å². The first-order chi connectivity index (χ1) is 10.3. The predicted molar refractivity (Wildman–Crippen MR) is 86.2 cm³/mol. The lowest BCUT2D eigenvalue weighted by atomic mass is 9.78. The van der Waals surface area contributed by atoms with Crippen LogP contribution < -0.4 is 5.32 Å². The number of amides is 1. The fourth-order valence-electron chi connectivity index (χ4n) is 4.81. The van der Waals surface area contributed by atoms with Crippen LogP contribution in [0.15, 0.2) is 0 Å². The molecule has 0 aromatic rings. The van der Waals surface area contributed by atoms with Gasteiger partial charge in [0.15, 0.2) is 0 Å². The molecule has 2 unspecified atom stereocenters. The number of hydrogen-bond acceptors (Lipinski definition) is 2. The van der Waals surface area contributed by atoms with Gasteiger partial charge >= 0.3 is 0 Å². The van der Waals surface area contributed by atoms with E-state index in [2.05, 4.69) is 10.2 Å². The fourth-order valence-corrected chi connectivity index (χ4v) is 4.81. The van der Waals surface area contributed by atoms with E-state index >= 15 is 0 Å². The van der Waals surface area contributed by atoms with Crippen LogP contribution >= 0.6 is 0 Å². The lowest BCUT2D eigenvalue weighted by Gasteiger charge is -2.43. The monoisotopic (exact) mass is 292 g/mol. The molecule has 1 heterocycles. The van der Waals surface area contributed by atoms with Gasteiger partial charge in [0.1, 0.15) is 0 Å². The van der Waals surface area contributed by atoms with Crippen molar-refractivity contribution < 1.29 is 4.79 Å². The number of likely N-dealkylation sites (tertiary alicyclic amines) is 1. The third-order valence-electron chi connectivity index (χ3n) is 5.93. The van der Waals surface area contributed by atoms with Crippen molar-refractivity contribution in [2.75, 3.05) is 13.1 Å². The lowest BCUT2D eigenvalue weighted by molar-refractivity contribution is -0.124. The van der Waals surface area contributed by atoms with E-state index in [0.717, 1.165) is 12.5 Å². The summed E-state index contributed by atoms with van der Waals surface area (Å²) in [6.45, 7) is 1.79. The second kappa shape index (κ2) is 7.62. The van der Waals surface area contributed by atoms with Crippen LogP contribution in [0.25, 0.3) is 0 Å². The summed E-state index contributed by atoms with van der Waals surface area (Å²) in [5.41, 5.74) is 0. The van der Waals surface area contributed by atoms with Crippen molar-refractivity contribution in [1.29, 1.82) is 0 Å². The minimum Gasteiger partial charge on any atom is -0.352 e. The molecule has 0 bridgehead atoms. The number of fused-ring (bicyclic) bond motifs is 1. The Morgan fingerprint density at radius 2 is 1.52 bits per heavy atom. The van der Waals surface area contributed by atoms with Gasteiger partial charge < -0.3 is 5.32 Å². The number of rotatable bonds is 3. The van der Waals surface area contributed by atoms with Crippen LogP contribution in [0.2, 0.25) is 0 Å². The molecule has 2 aliphatic carbocycles. The van der Waals surface area contributed by atoms with Crippen molar-refractivity contribution in [3.63, 3.8) is 0 Å². The molecular formula is C18H32N2O. The highest BCUT2D eigenvalue weighted by Gasteiger charge is 2.34. The quantitative estimate of drug-likeness (QED) is 0.808. The first-order valence-electron chi connectivity index (χ1n) is 9.36. The van der Waals surface area contributed by atoms with Crippen molar-refractivity contribution in [1.82, 2.24) is 10.2 Å². The molecule has 3 rings (SSSR count). The molecule has 3 fully saturated rings. The van der Waals surface area contributed by atoms with E-state index in [0.29, 0.717) is 18.6 Å². The molecule has 0 aromatic carbocycles. The Kier molecular flexibility index (Phi) is 5.56. The molecule has 21 heavy (non-hydrogen) atoms. The maximum absolute atomic E-state index is 12.4. The zero-order valence-corrected chi connectivity index (χ0v) is 13.5. The SMILES string of the molecule is O=C(CN1CCCC2CCCCC21)NC1CCCCCC1. The Morgan fingerprint density at radius 1 is 0.857 bits per heavy atom. The van der Waals surface area contributed by atoms with Crippen molar-refractivity contribution in [3.05, 3.63) is 0 Å².